The van der Waals surface area contributed by atoms with Gasteiger partial charge >= 0.3 is 0 Å². The Labute approximate surface area is 276 Å². The highest BCUT2D eigenvalue weighted by Crippen LogP contribution is 2.41. The molecule has 10 nitrogen and oxygen atoms in total. The van der Waals surface area contributed by atoms with E-state index in [0.29, 0.717) is 46.2 Å². The standard InChI is InChI=1S/C38H38N6O4/c1-19-35(45)26-12-21(8-10-27(26)41-37(19)46)22-6-7-23-15-31(43(30(23)14-22)17-20-4-5-20)36-40-28-13-25(16-32(48-3)34(28)42(36)2)38(47)44-18-24-9-11-29(44)33(24)39/h6-8,10,12-16,20,24,29,33H,4-5,9,11,17-18,39H2,1-3H3,(H2,41,45,46)/t24?,29?,33-/m1/s1. The van der Waals surface area contributed by atoms with E-state index in [4.69, 9.17) is 15.5 Å². The van der Waals surface area contributed by atoms with E-state index >= 15 is 0 Å². The van der Waals surface area contributed by atoms with E-state index in [0.717, 1.165) is 64.0 Å². The summed E-state index contributed by atoms with van der Waals surface area (Å²) in [4.78, 5) is 35.9. The second kappa shape index (κ2) is 10.5. The molecule has 3 aromatic carbocycles. The van der Waals surface area contributed by atoms with E-state index in [1.165, 1.54) is 12.8 Å². The molecule has 1 aliphatic heterocycles. The number of carbonyl (C=O) groups is 1. The van der Waals surface area contributed by atoms with E-state index in [2.05, 4.69) is 38.4 Å². The Kier molecular flexibility index (Phi) is 6.33. The minimum atomic E-state index is -0.287. The molecule has 3 aliphatic rings. The number of hydrogen-bond acceptors (Lipinski definition) is 6. The van der Waals surface area contributed by atoms with Crippen molar-refractivity contribution in [3.63, 3.8) is 0 Å². The number of methoxy groups -OCH3 is 1. The van der Waals surface area contributed by atoms with Gasteiger partial charge in [-0.2, -0.15) is 0 Å². The van der Waals surface area contributed by atoms with E-state index in [1.54, 1.807) is 14.0 Å². The van der Waals surface area contributed by atoms with Crippen molar-refractivity contribution >= 4 is 38.7 Å². The van der Waals surface area contributed by atoms with Crippen molar-refractivity contribution < 1.29 is 14.6 Å². The number of benzene rings is 3. The largest absolute Gasteiger partial charge is 0.507 e. The van der Waals surface area contributed by atoms with Gasteiger partial charge in [0.15, 0.2) is 5.82 Å². The molecule has 3 fully saturated rings. The van der Waals surface area contributed by atoms with Gasteiger partial charge in [0.1, 0.15) is 17.0 Å². The zero-order valence-electron chi connectivity index (χ0n) is 27.3. The highest BCUT2D eigenvalue weighted by atomic mass is 16.5. The lowest BCUT2D eigenvalue weighted by molar-refractivity contribution is 0.0700. The molecule has 4 heterocycles. The third kappa shape index (κ3) is 4.31. The number of nitrogens with two attached hydrogens (primary N) is 1. The second-order valence-corrected chi connectivity index (χ2v) is 14.0. The van der Waals surface area contributed by atoms with E-state index in [1.807, 2.05) is 42.3 Å². The number of hydrogen-bond donors (Lipinski definition) is 3. The van der Waals surface area contributed by atoms with Crippen LogP contribution in [0.1, 0.15) is 41.6 Å². The monoisotopic (exact) mass is 642 g/mol. The number of pyridine rings is 1. The molecule has 0 radical (unpaired) electrons. The van der Waals surface area contributed by atoms with Crippen molar-refractivity contribution in [2.45, 2.75) is 51.2 Å². The van der Waals surface area contributed by atoms with Crippen LogP contribution in [-0.2, 0) is 13.6 Å². The number of fused-ring (bicyclic) bond motifs is 5. The number of aromatic hydroxyl groups is 1. The number of H-pyrrole nitrogens is 1. The van der Waals surface area contributed by atoms with Gasteiger partial charge in [0.2, 0.25) is 0 Å². The van der Waals surface area contributed by atoms with E-state index < -0.39 is 0 Å². The van der Waals surface area contributed by atoms with Crippen molar-refractivity contribution in [2.24, 2.45) is 24.6 Å². The number of amides is 1. The lowest BCUT2D eigenvalue weighted by Crippen LogP contribution is -2.41. The van der Waals surface area contributed by atoms with Crippen LogP contribution in [0.25, 0.3) is 55.5 Å². The molecular weight excluding hydrogens is 604 g/mol. The molecule has 244 valence electrons. The van der Waals surface area contributed by atoms with Gasteiger partial charge in [0, 0.05) is 54.1 Å². The maximum Gasteiger partial charge on any atom is 0.255 e. The molecule has 10 heteroatoms. The second-order valence-electron chi connectivity index (χ2n) is 14.0. The summed E-state index contributed by atoms with van der Waals surface area (Å²) in [6, 6.07) is 18.3. The van der Waals surface area contributed by atoms with Crippen LogP contribution >= 0.6 is 0 Å². The average Bonchev–Trinajstić information content (AvgIpc) is 3.50. The molecule has 6 aromatic rings. The topological polar surface area (TPSA) is 131 Å². The van der Waals surface area contributed by atoms with E-state index in [-0.39, 0.29) is 29.3 Å². The molecular formula is C38H38N6O4. The highest BCUT2D eigenvalue weighted by molar-refractivity contribution is 6.01. The van der Waals surface area contributed by atoms with Crippen LogP contribution in [-0.4, -0.2) is 60.8 Å². The first-order valence-corrected chi connectivity index (χ1v) is 16.8. The van der Waals surface area contributed by atoms with E-state index in [9.17, 15) is 14.7 Å². The highest BCUT2D eigenvalue weighted by Gasteiger charge is 2.47. The summed E-state index contributed by atoms with van der Waals surface area (Å²) in [7, 11) is 3.64. The fraction of sp³-hybridized carbons (Fsp3) is 0.342. The molecule has 2 saturated carbocycles. The maximum atomic E-state index is 13.8. The number of nitrogens with zero attached hydrogens (tertiary/aromatic N) is 4. The lowest BCUT2D eigenvalue weighted by Gasteiger charge is -2.27. The predicted molar refractivity (Wildman–Crippen MR) is 186 cm³/mol. The fourth-order valence-electron chi connectivity index (χ4n) is 8.20. The van der Waals surface area contributed by atoms with Crippen molar-refractivity contribution in [3.8, 4) is 34.1 Å². The predicted octanol–water partition coefficient (Wildman–Crippen LogP) is 5.70. The van der Waals surface area contributed by atoms with Gasteiger partial charge in [-0.05, 0) is 92.0 Å². The van der Waals surface area contributed by atoms with Gasteiger partial charge in [-0.3, -0.25) is 9.59 Å². The number of rotatable bonds is 6. The maximum absolute atomic E-state index is 13.8. The first kappa shape index (κ1) is 29.1. The molecule has 3 atom stereocenters. The van der Waals surface area contributed by atoms with Crippen molar-refractivity contribution in [1.82, 2.24) is 24.0 Å². The van der Waals surface area contributed by atoms with Crippen molar-refractivity contribution in [3.05, 3.63) is 76.1 Å². The Bertz CT molecular complexity index is 2380. The van der Waals surface area contributed by atoms with Crippen LogP contribution in [0, 0.1) is 18.8 Å². The normalized spacial score (nSPS) is 20.5. The van der Waals surface area contributed by atoms with Crippen LogP contribution in [0.4, 0.5) is 0 Å². The summed E-state index contributed by atoms with van der Waals surface area (Å²) in [6.07, 6.45) is 4.45. The molecule has 1 amide bonds. The quantitative estimate of drug-likeness (QED) is 0.214. The zero-order chi connectivity index (χ0) is 33.0. The van der Waals surface area contributed by atoms with Crippen LogP contribution in [0.15, 0.2) is 59.4 Å². The van der Waals surface area contributed by atoms with Crippen LogP contribution < -0.4 is 16.0 Å². The summed E-state index contributed by atoms with van der Waals surface area (Å²) in [5.74, 6) is 2.41. The number of nitrogens with one attached hydrogen (secondary N) is 1. The van der Waals surface area contributed by atoms with Crippen LogP contribution in [0.5, 0.6) is 11.5 Å². The van der Waals surface area contributed by atoms with Gasteiger partial charge in [-0.25, -0.2) is 4.98 Å². The Hall–Kier alpha value is -5.09. The number of ether oxygens (including phenoxy) is 1. The Morgan fingerprint density at radius 1 is 1.06 bits per heavy atom. The third-order valence-electron chi connectivity index (χ3n) is 11.1. The first-order chi connectivity index (χ1) is 23.2. The lowest BCUT2D eigenvalue weighted by atomic mass is 10.0. The number of aromatic amines is 1. The molecule has 0 spiro atoms. The van der Waals surface area contributed by atoms with Gasteiger partial charge in [-0.1, -0.05) is 18.2 Å². The Morgan fingerprint density at radius 2 is 1.85 bits per heavy atom. The molecule has 48 heavy (non-hydrogen) atoms. The van der Waals surface area contributed by atoms with Gasteiger partial charge in [0.25, 0.3) is 11.5 Å². The van der Waals surface area contributed by atoms with Gasteiger partial charge in [0.05, 0.1) is 29.4 Å². The van der Waals surface area contributed by atoms with Crippen LogP contribution in [0.3, 0.4) is 0 Å². The third-order valence-corrected chi connectivity index (χ3v) is 11.1. The molecule has 2 unspecified atom stereocenters. The molecule has 2 aliphatic carbocycles. The summed E-state index contributed by atoms with van der Waals surface area (Å²) < 4.78 is 10.3. The van der Waals surface area contributed by atoms with Crippen LogP contribution in [0.2, 0.25) is 0 Å². The smallest absolute Gasteiger partial charge is 0.255 e. The number of imidazole rings is 1. The average molecular weight is 643 g/mol. The SMILES string of the molecule is COc1cc(C(=O)N2CC3CCC2[C@@H]3N)cc2nc(-c3cc4ccc(-c5ccc6[nH]c(=O)c(C)c(O)c6c5)cc4n3CC3CC3)n(C)c12. The number of carbonyl (C=O) groups excluding carboxylic acids is 1. The van der Waals surface area contributed by atoms with Gasteiger partial charge < -0.3 is 34.6 Å². The summed E-state index contributed by atoms with van der Waals surface area (Å²) >= 11 is 0. The van der Waals surface area contributed by atoms with Gasteiger partial charge in [-0.15, -0.1) is 0 Å². The molecule has 2 bridgehead atoms. The Balaban J connectivity index is 1.15. The summed E-state index contributed by atoms with van der Waals surface area (Å²) in [5, 5.41) is 12.5. The molecule has 3 aromatic heterocycles. The number of aromatic nitrogens is 4. The van der Waals surface area contributed by atoms with Crippen molar-refractivity contribution in [2.75, 3.05) is 13.7 Å². The minimum Gasteiger partial charge on any atom is -0.507 e. The number of aryl methyl sites for hydroxylation is 1. The Morgan fingerprint density at radius 3 is 2.58 bits per heavy atom. The number of piperidine rings is 1. The molecule has 9 rings (SSSR count). The van der Waals surface area contributed by atoms with Crippen molar-refractivity contribution in [1.29, 1.82) is 0 Å². The fourth-order valence-corrected chi connectivity index (χ4v) is 8.20. The zero-order valence-corrected chi connectivity index (χ0v) is 27.3. The minimum absolute atomic E-state index is 0.00874. The first-order valence-electron chi connectivity index (χ1n) is 16.8. The summed E-state index contributed by atoms with van der Waals surface area (Å²) in [5.41, 5.74) is 13.3. The number of likely N-dealkylation sites (tertiary alicyclic amines) is 1. The molecule has 1 saturated heterocycles. The summed E-state index contributed by atoms with van der Waals surface area (Å²) in [6.45, 7) is 3.21. The molecule has 4 N–H and O–H groups in total.